The quantitative estimate of drug-likeness (QED) is 0.838. The van der Waals surface area contributed by atoms with Gasteiger partial charge in [0.05, 0.1) is 4.90 Å². The Kier molecular flexibility index (Phi) is 4.19. The van der Waals surface area contributed by atoms with Gasteiger partial charge in [0.2, 0.25) is 0 Å². The average molecular weight is 289 g/mol. The smallest absolute Gasteiger partial charge is 0.424 e. The molecule has 0 N–H and O–H groups in total. The molecule has 0 spiro atoms. The van der Waals surface area contributed by atoms with Crippen LogP contribution in [0, 0.1) is 5.82 Å². The summed E-state index contributed by atoms with van der Waals surface area (Å²) >= 11 is 0. The number of carbonyl (C=O) groups is 1. The molecule has 1 aromatic carbocycles. The predicted molar refractivity (Wildman–Crippen MR) is 67.6 cm³/mol. The molecule has 0 saturated heterocycles. The number of hydrogen-bond donors (Lipinski definition) is 0. The number of sulfonamides is 1. The third-order valence-corrected chi connectivity index (χ3v) is 3.86. The number of amides is 1. The summed E-state index contributed by atoms with van der Waals surface area (Å²) < 4.78 is 42.4. The molecule has 19 heavy (non-hydrogen) atoms. The summed E-state index contributed by atoms with van der Waals surface area (Å²) in [7, 11) is -2.95. The maximum absolute atomic E-state index is 12.8. The molecule has 0 saturated carbocycles. The van der Waals surface area contributed by atoms with Gasteiger partial charge in [-0.1, -0.05) is 0 Å². The SMILES string of the molecule is CN(C(=O)OC(C)(C)C)S(=O)(=O)c1ccc(F)cc1. The van der Waals surface area contributed by atoms with Crippen molar-refractivity contribution in [3.8, 4) is 0 Å². The fraction of sp³-hybridized carbons (Fsp3) is 0.417. The van der Waals surface area contributed by atoms with Gasteiger partial charge in [0.1, 0.15) is 11.4 Å². The average Bonchev–Trinajstić information content (AvgIpc) is 2.26. The second-order valence-corrected chi connectivity index (χ2v) is 6.88. The molecule has 0 atom stereocenters. The molecule has 1 amide bonds. The Morgan fingerprint density at radius 3 is 2.11 bits per heavy atom. The minimum absolute atomic E-state index is 0.178. The van der Waals surface area contributed by atoms with Gasteiger partial charge in [-0.05, 0) is 45.0 Å². The highest BCUT2D eigenvalue weighted by atomic mass is 32.2. The van der Waals surface area contributed by atoms with Gasteiger partial charge in [0.25, 0.3) is 10.0 Å². The lowest BCUT2D eigenvalue weighted by atomic mass is 10.2. The van der Waals surface area contributed by atoms with E-state index in [1.807, 2.05) is 0 Å². The first-order valence-electron chi connectivity index (χ1n) is 5.51. The second kappa shape index (κ2) is 5.16. The highest BCUT2D eigenvalue weighted by molar-refractivity contribution is 7.89. The van der Waals surface area contributed by atoms with Crippen LogP contribution in [0.4, 0.5) is 9.18 Å². The Labute approximate surface area is 112 Å². The fourth-order valence-corrected chi connectivity index (χ4v) is 2.22. The van der Waals surface area contributed by atoms with E-state index in [0.717, 1.165) is 31.3 Å². The molecule has 0 bridgehead atoms. The minimum atomic E-state index is -4.04. The van der Waals surface area contributed by atoms with E-state index >= 15 is 0 Å². The lowest BCUT2D eigenvalue weighted by Gasteiger charge is -2.24. The maximum Gasteiger partial charge on any atom is 0.424 e. The second-order valence-electron chi connectivity index (χ2n) is 4.91. The van der Waals surface area contributed by atoms with Gasteiger partial charge in [0.15, 0.2) is 0 Å². The van der Waals surface area contributed by atoms with E-state index in [9.17, 15) is 17.6 Å². The zero-order chi connectivity index (χ0) is 14.8. The van der Waals surface area contributed by atoms with Crippen molar-refractivity contribution in [2.75, 3.05) is 7.05 Å². The zero-order valence-electron chi connectivity index (χ0n) is 11.2. The van der Waals surface area contributed by atoms with Gasteiger partial charge >= 0.3 is 6.09 Å². The van der Waals surface area contributed by atoms with Crippen molar-refractivity contribution in [3.63, 3.8) is 0 Å². The van der Waals surface area contributed by atoms with Crippen LogP contribution in [0.3, 0.4) is 0 Å². The number of benzene rings is 1. The van der Waals surface area contributed by atoms with Crippen molar-refractivity contribution in [1.82, 2.24) is 4.31 Å². The molecular formula is C12H16FNO4S. The summed E-state index contributed by atoms with van der Waals surface area (Å²) in [6, 6.07) is 4.20. The highest BCUT2D eigenvalue weighted by Gasteiger charge is 2.29. The molecular weight excluding hydrogens is 273 g/mol. The first kappa shape index (κ1) is 15.4. The number of carbonyl (C=O) groups excluding carboxylic acids is 1. The van der Waals surface area contributed by atoms with Crippen molar-refractivity contribution in [1.29, 1.82) is 0 Å². The molecule has 0 aromatic heterocycles. The minimum Gasteiger partial charge on any atom is -0.443 e. The Morgan fingerprint density at radius 2 is 1.68 bits per heavy atom. The van der Waals surface area contributed by atoms with Crippen LogP contribution >= 0.6 is 0 Å². The Morgan fingerprint density at radius 1 is 1.21 bits per heavy atom. The van der Waals surface area contributed by atoms with Gasteiger partial charge in [-0.3, -0.25) is 0 Å². The van der Waals surface area contributed by atoms with Crippen molar-refractivity contribution in [2.24, 2.45) is 0 Å². The summed E-state index contributed by atoms with van der Waals surface area (Å²) in [5.74, 6) is -0.557. The number of rotatable bonds is 2. The van der Waals surface area contributed by atoms with Gasteiger partial charge in [-0.25, -0.2) is 21.9 Å². The third kappa shape index (κ3) is 3.92. The molecule has 106 valence electrons. The first-order valence-corrected chi connectivity index (χ1v) is 6.95. The largest absolute Gasteiger partial charge is 0.443 e. The third-order valence-electron chi connectivity index (χ3n) is 2.12. The fourth-order valence-electron chi connectivity index (χ4n) is 1.19. The van der Waals surface area contributed by atoms with Crippen molar-refractivity contribution >= 4 is 16.1 Å². The predicted octanol–water partition coefficient (Wildman–Crippen LogP) is 2.38. The van der Waals surface area contributed by atoms with Crippen LogP contribution < -0.4 is 0 Å². The number of ether oxygens (including phenoxy) is 1. The van der Waals surface area contributed by atoms with Crippen LogP contribution in [0.2, 0.25) is 0 Å². The van der Waals surface area contributed by atoms with E-state index in [0.29, 0.717) is 4.31 Å². The van der Waals surface area contributed by atoms with E-state index in [1.165, 1.54) is 0 Å². The summed E-state index contributed by atoms with van der Waals surface area (Å²) in [6.07, 6.45) is -0.989. The Hall–Kier alpha value is -1.63. The van der Waals surface area contributed by atoms with E-state index in [1.54, 1.807) is 20.8 Å². The van der Waals surface area contributed by atoms with Crippen LogP contribution in [0.5, 0.6) is 0 Å². The monoisotopic (exact) mass is 289 g/mol. The van der Waals surface area contributed by atoms with E-state index in [2.05, 4.69) is 0 Å². The molecule has 0 aliphatic rings. The van der Waals surface area contributed by atoms with Gasteiger partial charge in [-0.15, -0.1) is 0 Å². The molecule has 0 unspecified atom stereocenters. The highest BCUT2D eigenvalue weighted by Crippen LogP contribution is 2.17. The molecule has 0 radical (unpaired) electrons. The first-order chi connectivity index (χ1) is 8.54. The summed E-state index contributed by atoms with van der Waals surface area (Å²) in [6.45, 7) is 4.88. The lowest BCUT2D eigenvalue weighted by Crippen LogP contribution is -2.38. The molecule has 7 heteroatoms. The van der Waals surface area contributed by atoms with Gasteiger partial charge in [-0.2, -0.15) is 0 Å². The lowest BCUT2D eigenvalue weighted by molar-refractivity contribution is 0.0420. The number of nitrogens with zero attached hydrogens (tertiary/aromatic N) is 1. The van der Waals surface area contributed by atoms with Gasteiger partial charge in [0, 0.05) is 7.05 Å². The van der Waals surface area contributed by atoms with Crippen molar-refractivity contribution < 1.29 is 22.3 Å². The van der Waals surface area contributed by atoms with E-state index in [-0.39, 0.29) is 4.90 Å². The number of halogens is 1. The van der Waals surface area contributed by atoms with Crippen LogP contribution in [0.25, 0.3) is 0 Å². The molecule has 0 fully saturated rings. The summed E-state index contributed by atoms with van der Waals surface area (Å²) in [5, 5.41) is 0. The maximum atomic E-state index is 12.8. The Bertz CT molecular complexity index is 560. The van der Waals surface area contributed by atoms with Crippen molar-refractivity contribution in [3.05, 3.63) is 30.1 Å². The molecule has 0 aliphatic carbocycles. The topological polar surface area (TPSA) is 63.7 Å². The van der Waals surface area contributed by atoms with Crippen LogP contribution in [-0.2, 0) is 14.8 Å². The zero-order valence-corrected chi connectivity index (χ0v) is 12.0. The van der Waals surface area contributed by atoms with Gasteiger partial charge < -0.3 is 4.74 Å². The molecule has 0 heterocycles. The molecule has 1 aromatic rings. The molecule has 1 rings (SSSR count). The Balaban J connectivity index is 3.00. The summed E-state index contributed by atoms with van der Waals surface area (Å²) in [5.41, 5.74) is -0.802. The molecule has 0 aliphatic heterocycles. The molecule has 5 nitrogen and oxygen atoms in total. The van der Waals surface area contributed by atoms with Crippen molar-refractivity contribution in [2.45, 2.75) is 31.3 Å². The van der Waals surface area contributed by atoms with E-state index in [4.69, 9.17) is 4.74 Å². The number of hydrogen-bond acceptors (Lipinski definition) is 4. The van der Waals surface area contributed by atoms with E-state index < -0.39 is 27.5 Å². The standard InChI is InChI=1S/C12H16FNO4S/c1-12(2,3)18-11(15)14(4)19(16,17)10-7-5-9(13)6-8-10/h5-8H,1-4H3. The van der Waals surface area contributed by atoms with Crippen LogP contribution in [0.15, 0.2) is 29.2 Å². The van der Waals surface area contributed by atoms with Crippen LogP contribution in [0.1, 0.15) is 20.8 Å². The van der Waals surface area contributed by atoms with Crippen LogP contribution in [-0.4, -0.2) is 31.5 Å². The summed E-state index contributed by atoms with van der Waals surface area (Å²) in [4.78, 5) is 11.5. The normalized spacial score (nSPS) is 12.1.